The molecule has 7 heteroatoms. The first-order valence-electron chi connectivity index (χ1n) is 7.40. The number of amides is 1. The van der Waals surface area contributed by atoms with E-state index in [1.54, 1.807) is 16.9 Å². The van der Waals surface area contributed by atoms with Gasteiger partial charge in [-0.2, -0.15) is 5.10 Å². The van der Waals surface area contributed by atoms with Crippen molar-refractivity contribution in [2.75, 3.05) is 0 Å². The largest absolute Gasteiger partial charge is 0.507 e. The van der Waals surface area contributed by atoms with Crippen LogP contribution in [0, 0.1) is 5.92 Å². The summed E-state index contributed by atoms with van der Waals surface area (Å²) >= 11 is 5.79. The second-order valence-corrected chi connectivity index (χ2v) is 6.38. The molecule has 1 aliphatic carbocycles. The number of halogens is 1. The lowest BCUT2D eigenvalue weighted by atomic mass is 9.75. The Labute approximate surface area is 138 Å². The molecular formula is C16H18ClN3O3. The summed E-state index contributed by atoms with van der Waals surface area (Å²) in [5, 5.41) is 26.9. The van der Waals surface area contributed by atoms with Gasteiger partial charge in [-0.3, -0.25) is 9.48 Å². The minimum absolute atomic E-state index is 0.146. The highest BCUT2D eigenvalue weighted by atomic mass is 35.5. The molecule has 1 heterocycles. The molecule has 1 atom stereocenters. The topological polar surface area (TPSA) is 87.4 Å². The number of aryl methyl sites for hydroxylation is 1. The Morgan fingerprint density at radius 3 is 2.78 bits per heavy atom. The molecule has 1 saturated carbocycles. The highest BCUT2D eigenvalue weighted by molar-refractivity contribution is 6.30. The summed E-state index contributed by atoms with van der Waals surface area (Å²) in [6.07, 6.45) is 4.49. The lowest BCUT2D eigenvalue weighted by molar-refractivity contribution is 0.0235. The number of benzene rings is 1. The Bertz CT molecular complexity index is 725. The van der Waals surface area contributed by atoms with Gasteiger partial charge in [-0.15, -0.1) is 0 Å². The zero-order valence-corrected chi connectivity index (χ0v) is 13.4. The molecule has 0 saturated heterocycles. The van der Waals surface area contributed by atoms with Crippen LogP contribution in [0.1, 0.15) is 34.8 Å². The van der Waals surface area contributed by atoms with Gasteiger partial charge >= 0.3 is 0 Å². The van der Waals surface area contributed by atoms with Crippen molar-refractivity contribution in [3.05, 3.63) is 46.7 Å². The quantitative estimate of drug-likeness (QED) is 0.797. The number of nitrogens with zero attached hydrogens (tertiary/aromatic N) is 2. The van der Waals surface area contributed by atoms with E-state index in [-0.39, 0.29) is 35.3 Å². The number of aromatic hydroxyl groups is 1. The maximum atomic E-state index is 12.5. The van der Waals surface area contributed by atoms with E-state index in [9.17, 15) is 15.0 Å². The Morgan fingerprint density at radius 2 is 2.22 bits per heavy atom. The monoisotopic (exact) mass is 335 g/mol. The van der Waals surface area contributed by atoms with Crippen LogP contribution in [-0.2, 0) is 7.05 Å². The van der Waals surface area contributed by atoms with Gasteiger partial charge in [0.2, 0.25) is 0 Å². The fourth-order valence-electron chi connectivity index (χ4n) is 2.89. The minimum atomic E-state index is -0.380. The number of carbonyl (C=O) groups is 1. The molecule has 1 aromatic carbocycles. The standard InChI is InChI=1S/C16H18ClN3O3/c1-20-8-10(7-18-20)15(9-4-12(21)5-9)19-16(23)13-3-2-11(17)6-14(13)22/h2-3,6-9,12,15,21-22H,4-5H2,1H3,(H,19,23). The van der Waals surface area contributed by atoms with Gasteiger partial charge < -0.3 is 15.5 Å². The smallest absolute Gasteiger partial charge is 0.255 e. The molecule has 0 aliphatic heterocycles. The van der Waals surface area contributed by atoms with Crippen molar-refractivity contribution in [3.63, 3.8) is 0 Å². The van der Waals surface area contributed by atoms with Crippen LogP contribution in [0.3, 0.4) is 0 Å². The number of nitrogens with one attached hydrogen (secondary N) is 1. The van der Waals surface area contributed by atoms with E-state index >= 15 is 0 Å². The van der Waals surface area contributed by atoms with Crippen molar-refractivity contribution in [1.29, 1.82) is 0 Å². The molecular weight excluding hydrogens is 318 g/mol. The average Bonchev–Trinajstić information content (AvgIpc) is 2.88. The summed E-state index contributed by atoms with van der Waals surface area (Å²) in [6.45, 7) is 0. The first-order valence-corrected chi connectivity index (χ1v) is 7.78. The van der Waals surface area contributed by atoms with Crippen molar-refractivity contribution in [2.45, 2.75) is 25.0 Å². The molecule has 0 spiro atoms. The Kier molecular flexibility index (Phi) is 4.28. The first kappa shape index (κ1) is 15.8. The maximum absolute atomic E-state index is 12.5. The first-order chi connectivity index (χ1) is 10.9. The number of aromatic nitrogens is 2. The Morgan fingerprint density at radius 1 is 1.48 bits per heavy atom. The average molecular weight is 336 g/mol. The molecule has 3 rings (SSSR count). The summed E-state index contributed by atoms with van der Waals surface area (Å²) in [6, 6.07) is 4.13. The molecule has 3 N–H and O–H groups in total. The maximum Gasteiger partial charge on any atom is 0.255 e. The van der Waals surface area contributed by atoms with Crippen LogP contribution < -0.4 is 5.32 Å². The molecule has 1 aromatic heterocycles. The minimum Gasteiger partial charge on any atom is -0.507 e. The molecule has 1 amide bonds. The van der Waals surface area contributed by atoms with Crippen LogP contribution >= 0.6 is 11.6 Å². The lowest BCUT2D eigenvalue weighted by Crippen LogP contribution is -2.41. The molecule has 122 valence electrons. The van der Waals surface area contributed by atoms with Crippen molar-refractivity contribution in [1.82, 2.24) is 15.1 Å². The number of rotatable bonds is 4. The molecule has 0 bridgehead atoms. The summed E-state index contributed by atoms with van der Waals surface area (Å²) in [7, 11) is 1.81. The summed E-state index contributed by atoms with van der Waals surface area (Å²) in [5.41, 5.74) is 1.05. The summed E-state index contributed by atoms with van der Waals surface area (Å²) in [4.78, 5) is 12.5. The SMILES string of the molecule is Cn1cc(C(NC(=O)c2ccc(Cl)cc2O)C2CC(O)C2)cn1. The molecule has 6 nitrogen and oxygen atoms in total. The van der Waals surface area contributed by atoms with Gasteiger partial charge in [-0.05, 0) is 37.0 Å². The second kappa shape index (κ2) is 6.22. The van der Waals surface area contributed by atoms with E-state index in [0.717, 1.165) is 5.56 Å². The zero-order chi connectivity index (χ0) is 16.6. The van der Waals surface area contributed by atoms with Crippen LogP contribution in [0.2, 0.25) is 5.02 Å². The molecule has 23 heavy (non-hydrogen) atoms. The van der Waals surface area contributed by atoms with Crippen molar-refractivity contribution < 1.29 is 15.0 Å². The van der Waals surface area contributed by atoms with Crippen molar-refractivity contribution >= 4 is 17.5 Å². The number of phenols is 1. The number of aliphatic hydroxyl groups excluding tert-OH is 1. The number of carbonyl (C=O) groups excluding carboxylic acids is 1. The number of aliphatic hydroxyl groups is 1. The van der Waals surface area contributed by atoms with E-state index in [4.69, 9.17) is 11.6 Å². The fourth-order valence-corrected chi connectivity index (χ4v) is 3.06. The summed E-state index contributed by atoms with van der Waals surface area (Å²) < 4.78 is 1.67. The van der Waals surface area contributed by atoms with Crippen LogP contribution in [-0.4, -0.2) is 32.0 Å². The highest BCUT2D eigenvalue weighted by Gasteiger charge is 2.36. The normalized spacial score (nSPS) is 21.5. The molecule has 2 aromatic rings. The number of hydrogen-bond donors (Lipinski definition) is 3. The van der Waals surface area contributed by atoms with Crippen molar-refractivity contribution in [3.8, 4) is 5.75 Å². The Balaban J connectivity index is 1.81. The molecule has 0 radical (unpaired) electrons. The highest BCUT2D eigenvalue weighted by Crippen LogP contribution is 2.38. The zero-order valence-electron chi connectivity index (χ0n) is 12.6. The fraction of sp³-hybridized carbons (Fsp3) is 0.375. The second-order valence-electron chi connectivity index (χ2n) is 5.95. The lowest BCUT2D eigenvalue weighted by Gasteiger charge is -2.37. The van der Waals surface area contributed by atoms with Gasteiger partial charge in [0.25, 0.3) is 5.91 Å². The van der Waals surface area contributed by atoms with Gasteiger partial charge in [-0.1, -0.05) is 11.6 Å². The number of hydrogen-bond acceptors (Lipinski definition) is 4. The van der Waals surface area contributed by atoms with E-state index < -0.39 is 0 Å². The predicted molar refractivity (Wildman–Crippen MR) is 85.3 cm³/mol. The van der Waals surface area contributed by atoms with Gasteiger partial charge in [-0.25, -0.2) is 0 Å². The van der Waals surface area contributed by atoms with Crippen LogP contribution in [0.15, 0.2) is 30.6 Å². The third-order valence-corrected chi connectivity index (χ3v) is 4.43. The van der Waals surface area contributed by atoms with Gasteiger partial charge in [0.15, 0.2) is 0 Å². The predicted octanol–water partition coefficient (Wildman–Crippen LogP) is 2.02. The van der Waals surface area contributed by atoms with Gasteiger partial charge in [0.1, 0.15) is 5.75 Å². The Hall–Kier alpha value is -2.05. The third kappa shape index (κ3) is 3.33. The summed E-state index contributed by atoms with van der Waals surface area (Å²) in [5.74, 6) is -0.393. The molecule has 1 unspecified atom stereocenters. The number of phenolic OH excluding ortho intramolecular Hbond substituents is 1. The van der Waals surface area contributed by atoms with E-state index in [1.165, 1.54) is 12.1 Å². The van der Waals surface area contributed by atoms with E-state index in [1.807, 2.05) is 13.2 Å². The van der Waals surface area contributed by atoms with Crippen LogP contribution in [0.5, 0.6) is 5.75 Å². The van der Waals surface area contributed by atoms with E-state index in [2.05, 4.69) is 10.4 Å². The van der Waals surface area contributed by atoms with Crippen molar-refractivity contribution in [2.24, 2.45) is 13.0 Å². The van der Waals surface area contributed by atoms with Crippen LogP contribution in [0.4, 0.5) is 0 Å². The van der Waals surface area contributed by atoms with E-state index in [0.29, 0.717) is 17.9 Å². The van der Waals surface area contributed by atoms with Gasteiger partial charge in [0.05, 0.1) is 23.9 Å². The molecule has 1 fully saturated rings. The van der Waals surface area contributed by atoms with Gasteiger partial charge in [0, 0.05) is 23.8 Å². The third-order valence-electron chi connectivity index (χ3n) is 4.20. The van der Waals surface area contributed by atoms with Crippen LogP contribution in [0.25, 0.3) is 0 Å². The molecule has 1 aliphatic rings.